The number of rotatable bonds is 6. The Morgan fingerprint density at radius 1 is 1.19 bits per heavy atom. The molecule has 1 aromatic carbocycles. The quantitative estimate of drug-likeness (QED) is 0.849. The maximum absolute atomic E-state index is 12.6. The van der Waals surface area contributed by atoms with E-state index < -0.39 is 0 Å². The molecule has 0 aliphatic carbocycles. The molecule has 1 fully saturated rings. The predicted molar refractivity (Wildman–Crippen MR) is 106 cm³/mol. The number of nitrogens with one attached hydrogen (secondary N) is 1. The highest BCUT2D eigenvalue weighted by Gasteiger charge is 2.24. The minimum atomic E-state index is -0.0335. The Morgan fingerprint density at radius 3 is 2.41 bits per heavy atom. The molecule has 2 aromatic rings. The van der Waals surface area contributed by atoms with Gasteiger partial charge in [-0.25, -0.2) is 4.68 Å². The van der Waals surface area contributed by atoms with E-state index in [2.05, 4.69) is 29.2 Å². The first-order valence-corrected chi connectivity index (χ1v) is 9.69. The number of hydrogen-bond donors (Lipinski definition) is 1. The van der Waals surface area contributed by atoms with E-state index in [1.165, 1.54) is 0 Å². The van der Waals surface area contributed by atoms with Gasteiger partial charge in [0.15, 0.2) is 0 Å². The number of benzene rings is 1. The second-order valence-electron chi connectivity index (χ2n) is 7.56. The molecule has 1 saturated heterocycles. The number of amides is 1. The Balaban J connectivity index is 1.62. The third-order valence-electron chi connectivity index (χ3n) is 5.14. The first-order valence-electron chi connectivity index (χ1n) is 9.69. The van der Waals surface area contributed by atoms with Crippen LogP contribution in [0.15, 0.2) is 30.3 Å². The number of aromatic nitrogens is 2. The van der Waals surface area contributed by atoms with Crippen LogP contribution in [0.5, 0.6) is 0 Å². The molecule has 6 heteroatoms. The highest BCUT2D eigenvalue weighted by molar-refractivity contribution is 5.94. The summed E-state index contributed by atoms with van der Waals surface area (Å²) in [7, 11) is 0. The molecule has 1 unspecified atom stereocenters. The zero-order valence-electron chi connectivity index (χ0n) is 16.7. The van der Waals surface area contributed by atoms with Crippen molar-refractivity contribution in [2.75, 3.05) is 32.8 Å². The molecular weight excluding hydrogens is 340 g/mol. The summed E-state index contributed by atoms with van der Waals surface area (Å²) in [6, 6.07) is 9.97. The van der Waals surface area contributed by atoms with Gasteiger partial charge in [0.1, 0.15) is 0 Å². The van der Waals surface area contributed by atoms with E-state index in [-0.39, 0.29) is 5.91 Å². The van der Waals surface area contributed by atoms with Gasteiger partial charge in [-0.3, -0.25) is 9.69 Å². The van der Waals surface area contributed by atoms with Crippen molar-refractivity contribution in [2.45, 2.75) is 33.7 Å². The summed E-state index contributed by atoms with van der Waals surface area (Å²) in [5.74, 6) is 0.436. The van der Waals surface area contributed by atoms with E-state index in [9.17, 15) is 4.79 Å². The SMILES string of the molecule is Cc1cc(C)n(-c2ccc(C(=O)NCC(C(C)C)N3CCOCC3)cc2)n1. The van der Waals surface area contributed by atoms with Crippen molar-refractivity contribution >= 4 is 5.91 Å². The lowest BCUT2D eigenvalue weighted by Gasteiger charge is -2.36. The van der Waals surface area contributed by atoms with Crippen molar-refractivity contribution < 1.29 is 9.53 Å². The summed E-state index contributed by atoms with van der Waals surface area (Å²) >= 11 is 0. The zero-order valence-corrected chi connectivity index (χ0v) is 16.7. The van der Waals surface area contributed by atoms with Crippen LogP contribution in [0.2, 0.25) is 0 Å². The van der Waals surface area contributed by atoms with Crippen molar-refractivity contribution in [3.05, 3.63) is 47.3 Å². The number of hydrogen-bond acceptors (Lipinski definition) is 4. The van der Waals surface area contributed by atoms with Crippen LogP contribution in [0.25, 0.3) is 5.69 Å². The van der Waals surface area contributed by atoms with Gasteiger partial charge in [0.05, 0.1) is 24.6 Å². The molecule has 146 valence electrons. The van der Waals surface area contributed by atoms with Gasteiger partial charge < -0.3 is 10.1 Å². The fourth-order valence-electron chi connectivity index (χ4n) is 3.64. The lowest BCUT2D eigenvalue weighted by Crippen LogP contribution is -2.51. The summed E-state index contributed by atoms with van der Waals surface area (Å²) in [5, 5.41) is 7.59. The third kappa shape index (κ3) is 4.76. The molecule has 6 nitrogen and oxygen atoms in total. The average molecular weight is 370 g/mol. The molecule has 1 N–H and O–H groups in total. The Labute approximate surface area is 161 Å². The van der Waals surface area contributed by atoms with Crippen molar-refractivity contribution in [3.63, 3.8) is 0 Å². The normalized spacial score (nSPS) is 16.5. The second kappa shape index (κ2) is 8.67. The summed E-state index contributed by atoms with van der Waals surface area (Å²) in [4.78, 5) is 15.0. The maximum atomic E-state index is 12.6. The molecule has 27 heavy (non-hydrogen) atoms. The monoisotopic (exact) mass is 370 g/mol. The van der Waals surface area contributed by atoms with Crippen molar-refractivity contribution in [2.24, 2.45) is 5.92 Å². The number of nitrogens with zero attached hydrogens (tertiary/aromatic N) is 3. The van der Waals surface area contributed by atoms with Crippen molar-refractivity contribution in [1.29, 1.82) is 0 Å². The van der Waals surface area contributed by atoms with Crippen LogP contribution in [0.4, 0.5) is 0 Å². The zero-order chi connectivity index (χ0) is 19.4. The molecule has 0 saturated carbocycles. The molecule has 2 heterocycles. The van der Waals surface area contributed by atoms with E-state index in [0.29, 0.717) is 24.1 Å². The second-order valence-corrected chi connectivity index (χ2v) is 7.56. The number of ether oxygens (including phenoxy) is 1. The number of aryl methyl sites for hydroxylation is 2. The molecule has 1 atom stereocenters. The van der Waals surface area contributed by atoms with Gasteiger partial charge in [-0.05, 0) is 50.1 Å². The number of carbonyl (C=O) groups is 1. The van der Waals surface area contributed by atoms with Crippen LogP contribution < -0.4 is 5.32 Å². The maximum Gasteiger partial charge on any atom is 0.251 e. The molecule has 1 aliphatic rings. The molecule has 0 spiro atoms. The molecule has 1 amide bonds. The van der Waals surface area contributed by atoms with E-state index in [0.717, 1.165) is 43.4 Å². The molecule has 0 bridgehead atoms. The van der Waals surface area contributed by atoms with Crippen LogP contribution in [-0.4, -0.2) is 59.5 Å². The lowest BCUT2D eigenvalue weighted by molar-refractivity contribution is 0.00673. The van der Waals surface area contributed by atoms with Gasteiger partial charge in [-0.2, -0.15) is 5.10 Å². The van der Waals surface area contributed by atoms with Gasteiger partial charge in [-0.1, -0.05) is 13.8 Å². The molecule has 1 aliphatic heterocycles. The molecular formula is C21H30N4O2. The van der Waals surface area contributed by atoms with Gasteiger partial charge in [0.25, 0.3) is 5.91 Å². The molecule has 0 radical (unpaired) electrons. The van der Waals surface area contributed by atoms with Crippen LogP contribution in [0, 0.1) is 19.8 Å². The van der Waals surface area contributed by atoms with E-state index >= 15 is 0 Å². The highest BCUT2D eigenvalue weighted by atomic mass is 16.5. The van der Waals surface area contributed by atoms with E-state index in [1.54, 1.807) is 0 Å². The van der Waals surface area contributed by atoms with Crippen molar-refractivity contribution in [3.8, 4) is 5.69 Å². The summed E-state index contributed by atoms with van der Waals surface area (Å²) < 4.78 is 7.34. The van der Waals surface area contributed by atoms with Gasteiger partial charge in [0, 0.05) is 36.9 Å². The fraction of sp³-hybridized carbons (Fsp3) is 0.524. The summed E-state index contributed by atoms with van der Waals surface area (Å²) in [6.07, 6.45) is 0. The van der Waals surface area contributed by atoms with Gasteiger partial charge >= 0.3 is 0 Å². The van der Waals surface area contributed by atoms with Crippen LogP contribution in [0.1, 0.15) is 35.6 Å². The highest BCUT2D eigenvalue weighted by Crippen LogP contribution is 2.15. The van der Waals surface area contributed by atoms with Crippen LogP contribution in [0.3, 0.4) is 0 Å². The minimum Gasteiger partial charge on any atom is -0.379 e. The Kier molecular flexibility index (Phi) is 6.29. The fourth-order valence-corrected chi connectivity index (χ4v) is 3.64. The predicted octanol–water partition coefficient (Wildman–Crippen LogP) is 2.58. The Hall–Kier alpha value is -2.18. The Bertz CT molecular complexity index is 761. The minimum absolute atomic E-state index is 0.0335. The van der Waals surface area contributed by atoms with Crippen molar-refractivity contribution in [1.82, 2.24) is 20.0 Å². The third-order valence-corrected chi connectivity index (χ3v) is 5.14. The van der Waals surface area contributed by atoms with Gasteiger partial charge in [-0.15, -0.1) is 0 Å². The first-order chi connectivity index (χ1) is 13.0. The average Bonchev–Trinajstić information content (AvgIpc) is 3.00. The topological polar surface area (TPSA) is 59.4 Å². The number of morpholine rings is 1. The number of carbonyl (C=O) groups excluding carboxylic acids is 1. The largest absolute Gasteiger partial charge is 0.379 e. The smallest absolute Gasteiger partial charge is 0.251 e. The first kappa shape index (κ1) is 19.6. The lowest BCUT2D eigenvalue weighted by atomic mass is 10.0. The van der Waals surface area contributed by atoms with E-state index in [1.807, 2.05) is 48.9 Å². The summed E-state index contributed by atoms with van der Waals surface area (Å²) in [6.45, 7) is 12.5. The molecule has 3 rings (SSSR count). The van der Waals surface area contributed by atoms with Crippen LogP contribution >= 0.6 is 0 Å². The van der Waals surface area contributed by atoms with Gasteiger partial charge in [0.2, 0.25) is 0 Å². The van der Waals surface area contributed by atoms with E-state index in [4.69, 9.17) is 4.74 Å². The standard InChI is InChI=1S/C21H30N4O2/c1-15(2)20(24-9-11-27-12-10-24)14-22-21(26)18-5-7-19(8-6-18)25-17(4)13-16(3)23-25/h5-8,13,15,20H,9-12,14H2,1-4H3,(H,22,26). The van der Waals surface area contributed by atoms with Crippen LogP contribution in [-0.2, 0) is 4.74 Å². The Morgan fingerprint density at radius 2 is 1.85 bits per heavy atom. The molecule has 1 aromatic heterocycles. The summed E-state index contributed by atoms with van der Waals surface area (Å²) in [5.41, 5.74) is 3.70.